The number of benzene rings is 1. The first-order valence-electron chi connectivity index (χ1n) is 3.76. The van der Waals surface area contributed by atoms with Crippen LogP contribution in [-0.2, 0) is 16.2 Å². The molecule has 1 rings (SSSR count). The summed E-state index contributed by atoms with van der Waals surface area (Å²) in [5.41, 5.74) is 6.83. The summed E-state index contributed by atoms with van der Waals surface area (Å²) in [5.74, 6) is 0. The fourth-order valence-electron chi connectivity index (χ4n) is 0.928. The highest BCUT2D eigenvalue weighted by atomic mass is 32.2. The molecule has 0 aliphatic rings. The van der Waals surface area contributed by atoms with Crippen LogP contribution in [0.3, 0.4) is 0 Å². The summed E-state index contributed by atoms with van der Waals surface area (Å²) in [4.78, 5) is 1.34. The van der Waals surface area contributed by atoms with Crippen molar-refractivity contribution in [3.05, 3.63) is 40.3 Å². The number of nitrogens with zero attached hydrogens (tertiary/aromatic N) is 3. The van der Waals surface area contributed by atoms with Crippen LogP contribution in [0.15, 0.2) is 33.7 Å². The Morgan fingerprint density at radius 3 is 2.44 bits per heavy atom. The van der Waals surface area contributed by atoms with Crippen molar-refractivity contribution in [3.8, 4) is 0 Å². The third-order valence-corrected chi connectivity index (χ3v) is 2.74. The van der Waals surface area contributed by atoms with Crippen LogP contribution in [0, 0.1) is 0 Å². The van der Waals surface area contributed by atoms with Crippen LogP contribution >= 0.6 is 0 Å². The van der Waals surface area contributed by atoms with Gasteiger partial charge in [-0.3, -0.25) is 0 Å². The second-order valence-corrected chi connectivity index (χ2v) is 4.26. The van der Waals surface area contributed by atoms with Gasteiger partial charge >= 0.3 is 6.18 Å². The smallest absolute Gasteiger partial charge is 0.216 e. The van der Waals surface area contributed by atoms with Gasteiger partial charge in [-0.15, -0.1) is 0 Å². The lowest BCUT2D eigenvalue weighted by Crippen LogP contribution is -2.06. The summed E-state index contributed by atoms with van der Waals surface area (Å²) in [6, 6.07) is 2.96. The van der Waals surface area contributed by atoms with Gasteiger partial charge in [-0.25, -0.2) is 8.42 Å². The van der Waals surface area contributed by atoms with E-state index in [4.69, 9.17) is 5.53 Å². The van der Waals surface area contributed by atoms with Crippen LogP contribution in [0.25, 0.3) is 10.4 Å². The zero-order valence-electron chi connectivity index (χ0n) is 7.51. The van der Waals surface area contributed by atoms with Gasteiger partial charge in [0, 0.05) is 9.43 Å². The molecule has 5 nitrogen and oxygen atoms in total. The van der Waals surface area contributed by atoms with Gasteiger partial charge in [-0.05, 0) is 23.7 Å². The third-order valence-electron chi connectivity index (χ3n) is 1.60. The number of sulfonamides is 1. The third kappa shape index (κ3) is 2.65. The van der Waals surface area contributed by atoms with E-state index in [-0.39, 0.29) is 0 Å². The van der Waals surface area contributed by atoms with Crippen LogP contribution in [0.2, 0.25) is 0 Å². The SMILES string of the molecule is [N-]=[N+]=NS(=O)(=O)c1cccc(C(F)(F)F)c1. The number of rotatable bonds is 2. The Morgan fingerprint density at radius 1 is 1.31 bits per heavy atom. The number of hydrogen-bond donors (Lipinski definition) is 0. The van der Waals surface area contributed by atoms with Gasteiger partial charge in [0.05, 0.1) is 10.5 Å². The molecule has 0 aliphatic heterocycles. The van der Waals surface area contributed by atoms with Crippen LogP contribution in [-0.4, -0.2) is 8.42 Å². The molecule has 1 aromatic carbocycles. The van der Waals surface area contributed by atoms with Crippen molar-refractivity contribution in [2.75, 3.05) is 0 Å². The van der Waals surface area contributed by atoms with E-state index in [9.17, 15) is 21.6 Å². The van der Waals surface area contributed by atoms with Crippen molar-refractivity contribution in [2.45, 2.75) is 11.1 Å². The number of hydrogen-bond acceptors (Lipinski definition) is 2. The molecule has 0 bridgehead atoms. The lowest BCUT2D eigenvalue weighted by molar-refractivity contribution is -0.137. The average Bonchev–Trinajstić information content (AvgIpc) is 2.16. The standard InChI is InChI=1S/C7H4F3N3O2S/c8-7(9,10)5-2-1-3-6(4-5)16(14,15)13-12-11/h1-4H. The van der Waals surface area contributed by atoms with Crippen molar-refractivity contribution in [3.63, 3.8) is 0 Å². The van der Waals surface area contributed by atoms with Gasteiger partial charge in [-0.2, -0.15) is 13.2 Å². The molecule has 1 aromatic rings. The predicted molar refractivity (Wildman–Crippen MR) is 47.8 cm³/mol. The number of azide groups is 1. The minimum Gasteiger partial charge on any atom is -0.216 e. The molecule has 0 unspecified atom stereocenters. The fourth-order valence-corrected chi connectivity index (χ4v) is 1.64. The number of halogens is 3. The lowest BCUT2D eigenvalue weighted by atomic mass is 10.2. The first kappa shape index (κ1) is 12.3. The van der Waals surface area contributed by atoms with E-state index in [0.29, 0.717) is 6.07 Å². The number of alkyl halides is 3. The summed E-state index contributed by atoms with van der Waals surface area (Å²) < 4.78 is 61.4. The maximum atomic E-state index is 12.2. The van der Waals surface area contributed by atoms with Gasteiger partial charge in [-0.1, -0.05) is 6.07 Å². The Bertz CT molecular complexity index is 546. The Hall–Kier alpha value is -1.73. The highest BCUT2D eigenvalue weighted by Gasteiger charge is 2.31. The van der Waals surface area contributed by atoms with Crippen LogP contribution in [0.5, 0.6) is 0 Å². The maximum Gasteiger partial charge on any atom is 0.416 e. The zero-order chi connectivity index (χ0) is 12.4. The second-order valence-electron chi connectivity index (χ2n) is 2.67. The van der Waals surface area contributed by atoms with Crippen LogP contribution in [0.4, 0.5) is 13.2 Å². The van der Waals surface area contributed by atoms with E-state index in [2.05, 4.69) is 4.52 Å². The summed E-state index contributed by atoms with van der Waals surface area (Å²) in [7, 11) is -4.38. The summed E-state index contributed by atoms with van der Waals surface area (Å²) >= 11 is 0. The summed E-state index contributed by atoms with van der Waals surface area (Å²) in [5, 5.41) is 0. The molecule has 0 heterocycles. The van der Waals surface area contributed by atoms with Gasteiger partial charge in [0.2, 0.25) is 0 Å². The highest BCUT2D eigenvalue weighted by molar-refractivity contribution is 7.90. The Morgan fingerprint density at radius 2 is 1.94 bits per heavy atom. The molecule has 0 spiro atoms. The molecule has 0 amide bonds. The molecule has 0 aliphatic carbocycles. The van der Waals surface area contributed by atoms with Crippen molar-refractivity contribution in [1.29, 1.82) is 0 Å². The predicted octanol–water partition coefficient (Wildman–Crippen LogP) is 2.70. The Labute approximate surface area is 88.2 Å². The summed E-state index contributed by atoms with van der Waals surface area (Å²) in [6.07, 6.45) is -4.65. The molecule has 86 valence electrons. The molecule has 0 saturated carbocycles. The summed E-state index contributed by atoms with van der Waals surface area (Å²) in [6.45, 7) is 0. The van der Waals surface area contributed by atoms with Gasteiger partial charge in [0.15, 0.2) is 0 Å². The minimum absolute atomic E-state index is 0.407. The van der Waals surface area contributed by atoms with E-state index < -0.39 is 26.7 Å². The molecule has 0 N–H and O–H groups in total. The quantitative estimate of drug-likeness (QED) is 0.460. The normalized spacial score (nSPS) is 11.9. The monoisotopic (exact) mass is 251 g/mol. The van der Waals surface area contributed by atoms with E-state index in [1.54, 1.807) is 0 Å². The molecule has 0 fully saturated rings. The molecule has 0 aromatic heterocycles. The maximum absolute atomic E-state index is 12.2. The first-order valence-corrected chi connectivity index (χ1v) is 5.20. The van der Waals surface area contributed by atoms with Crippen molar-refractivity contribution in [1.82, 2.24) is 0 Å². The van der Waals surface area contributed by atoms with E-state index >= 15 is 0 Å². The molecular formula is C7H4F3N3O2S. The second kappa shape index (κ2) is 4.03. The molecule has 16 heavy (non-hydrogen) atoms. The molecular weight excluding hydrogens is 247 g/mol. The first-order chi connectivity index (χ1) is 7.27. The molecule has 0 atom stereocenters. The minimum atomic E-state index is -4.65. The molecule has 0 saturated heterocycles. The van der Waals surface area contributed by atoms with Crippen molar-refractivity contribution >= 4 is 10.0 Å². The van der Waals surface area contributed by atoms with Gasteiger partial charge < -0.3 is 0 Å². The zero-order valence-corrected chi connectivity index (χ0v) is 8.33. The van der Waals surface area contributed by atoms with E-state index in [0.717, 1.165) is 18.2 Å². The van der Waals surface area contributed by atoms with Crippen molar-refractivity contribution < 1.29 is 21.6 Å². The average molecular weight is 251 g/mol. The largest absolute Gasteiger partial charge is 0.416 e. The van der Waals surface area contributed by atoms with Crippen LogP contribution < -0.4 is 0 Å². The Kier molecular flexibility index (Phi) is 3.11. The van der Waals surface area contributed by atoms with E-state index in [1.807, 2.05) is 4.91 Å². The molecule has 9 heteroatoms. The highest BCUT2D eigenvalue weighted by Crippen LogP contribution is 2.30. The molecule has 0 radical (unpaired) electrons. The van der Waals surface area contributed by atoms with E-state index in [1.165, 1.54) is 0 Å². The van der Waals surface area contributed by atoms with Crippen molar-refractivity contribution in [2.24, 2.45) is 4.52 Å². The topological polar surface area (TPSA) is 82.9 Å². The van der Waals surface area contributed by atoms with Crippen LogP contribution in [0.1, 0.15) is 5.56 Å². The Balaban J connectivity index is 3.35. The fraction of sp³-hybridized carbons (Fsp3) is 0.143. The lowest BCUT2D eigenvalue weighted by Gasteiger charge is -2.06. The van der Waals surface area contributed by atoms with Gasteiger partial charge in [0.1, 0.15) is 0 Å². The van der Waals surface area contributed by atoms with Gasteiger partial charge in [0.25, 0.3) is 10.0 Å².